The molecule has 0 aliphatic rings. The van der Waals surface area contributed by atoms with E-state index in [0.717, 1.165) is 22.2 Å². The monoisotopic (exact) mass is 322 g/mol. The second-order valence-electron chi connectivity index (χ2n) is 4.43. The lowest BCUT2D eigenvalue weighted by molar-refractivity contribution is -0.142. The van der Waals surface area contributed by atoms with Crippen molar-refractivity contribution in [2.75, 3.05) is 25.1 Å². The van der Waals surface area contributed by atoms with Crippen molar-refractivity contribution in [1.29, 1.82) is 0 Å². The number of benzene rings is 1. The van der Waals surface area contributed by atoms with E-state index in [-0.39, 0.29) is 23.4 Å². The van der Waals surface area contributed by atoms with Crippen LogP contribution in [-0.4, -0.2) is 51.4 Å². The van der Waals surface area contributed by atoms with E-state index in [9.17, 15) is 9.59 Å². The zero-order chi connectivity index (χ0) is 16.1. The van der Waals surface area contributed by atoms with Crippen LogP contribution in [0.3, 0.4) is 0 Å². The van der Waals surface area contributed by atoms with Gasteiger partial charge in [0.25, 0.3) is 5.22 Å². The number of likely N-dealkylation sites (N-methyl/N-ethyl adjacent to an activating group) is 1. The first kappa shape index (κ1) is 15.8. The van der Waals surface area contributed by atoms with E-state index < -0.39 is 5.97 Å². The Bertz CT molecular complexity index is 671. The number of amides is 1. The fourth-order valence-electron chi connectivity index (χ4n) is 1.54. The quantitative estimate of drug-likeness (QED) is 0.595. The molecule has 0 radical (unpaired) electrons. The van der Waals surface area contributed by atoms with Crippen molar-refractivity contribution in [3.05, 3.63) is 24.3 Å². The van der Waals surface area contributed by atoms with Gasteiger partial charge in [0, 0.05) is 18.3 Å². The molecule has 116 valence electrons. The number of carbonyl (C=O) groups is 2. The minimum absolute atomic E-state index is 0.0210. The van der Waals surface area contributed by atoms with Gasteiger partial charge in [-0.15, -0.1) is 10.2 Å². The van der Waals surface area contributed by atoms with E-state index in [1.165, 1.54) is 7.05 Å². The molecule has 0 aliphatic carbocycles. The van der Waals surface area contributed by atoms with Gasteiger partial charge < -0.3 is 20.2 Å². The van der Waals surface area contributed by atoms with Crippen molar-refractivity contribution in [2.45, 2.75) is 5.22 Å². The molecular weight excluding hydrogens is 308 g/mol. The summed E-state index contributed by atoms with van der Waals surface area (Å²) in [5.74, 6) is -1.05. The third kappa shape index (κ3) is 4.22. The molecule has 0 aliphatic heterocycles. The summed E-state index contributed by atoms with van der Waals surface area (Å²) in [4.78, 5) is 23.3. The number of rotatable bonds is 6. The third-order valence-corrected chi connectivity index (χ3v) is 3.48. The fourth-order valence-corrected chi connectivity index (χ4v) is 2.24. The molecule has 3 N–H and O–H groups in total. The summed E-state index contributed by atoms with van der Waals surface area (Å²) in [7, 11) is 1.42. The molecule has 2 rings (SSSR count). The van der Waals surface area contributed by atoms with Crippen LogP contribution in [0.5, 0.6) is 0 Å². The summed E-state index contributed by atoms with van der Waals surface area (Å²) in [6.45, 7) is -0.347. The van der Waals surface area contributed by atoms with Crippen molar-refractivity contribution < 1.29 is 19.1 Å². The average molecular weight is 322 g/mol. The number of anilines is 1. The molecule has 0 atom stereocenters. The third-order valence-electron chi connectivity index (χ3n) is 2.68. The summed E-state index contributed by atoms with van der Waals surface area (Å²) in [5, 5.41) is 16.6. The molecule has 22 heavy (non-hydrogen) atoms. The average Bonchev–Trinajstić information content (AvgIpc) is 2.93. The zero-order valence-electron chi connectivity index (χ0n) is 11.7. The molecule has 1 aromatic carbocycles. The zero-order valence-corrected chi connectivity index (χ0v) is 12.5. The second kappa shape index (κ2) is 6.94. The number of nitrogens with zero attached hydrogens (tertiary/aromatic N) is 3. The van der Waals surface area contributed by atoms with Gasteiger partial charge in [0.05, 0.1) is 5.75 Å². The molecule has 9 heteroatoms. The van der Waals surface area contributed by atoms with E-state index in [2.05, 4.69) is 10.2 Å². The molecule has 0 fully saturated rings. The minimum atomic E-state index is -1.07. The highest BCUT2D eigenvalue weighted by Crippen LogP contribution is 2.23. The van der Waals surface area contributed by atoms with Gasteiger partial charge in [0.1, 0.15) is 6.54 Å². The lowest BCUT2D eigenvalue weighted by Gasteiger charge is -2.12. The topological polar surface area (TPSA) is 123 Å². The Kier molecular flexibility index (Phi) is 4.99. The molecule has 0 unspecified atom stereocenters. The summed E-state index contributed by atoms with van der Waals surface area (Å²) in [6.07, 6.45) is 0. The molecule has 0 spiro atoms. The standard InChI is InChI=1S/C13H14N4O4S/c1-17(6-11(19)20)10(18)7-22-13-16-15-12(21-13)8-2-4-9(14)5-3-8/h2-5H,6-7,14H2,1H3,(H,19,20). The lowest BCUT2D eigenvalue weighted by atomic mass is 10.2. The number of carboxylic acids is 1. The first-order valence-corrected chi connectivity index (χ1v) is 7.22. The fraction of sp³-hybridized carbons (Fsp3) is 0.231. The smallest absolute Gasteiger partial charge is 0.323 e. The maximum Gasteiger partial charge on any atom is 0.323 e. The highest BCUT2D eigenvalue weighted by Gasteiger charge is 2.15. The Morgan fingerprint density at radius 2 is 2.00 bits per heavy atom. The molecular formula is C13H14N4O4S. The highest BCUT2D eigenvalue weighted by atomic mass is 32.2. The van der Waals surface area contributed by atoms with Crippen LogP contribution in [0.1, 0.15) is 0 Å². The van der Waals surface area contributed by atoms with Gasteiger partial charge in [0.2, 0.25) is 11.8 Å². The van der Waals surface area contributed by atoms with Crippen molar-refractivity contribution in [2.24, 2.45) is 0 Å². The number of nitrogen functional groups attached to an aromatic ring is 1. The van der Waals surface area contributed by atoms with Crippen LogP contribution < -0.4 is 5.73 Å². The summed E-state index contributed by atoms with van der Waals surface area (Å²) >= 11 is 1.05. The molecule has 1 heterocycles. The molecule has 0 saturated carbocycles. The largest absolute Gasteiger partial charge is 0.480 e. The molecule has 1 aromatic heterocycles. The van der Waals surface area contributed by atoms with Crippen LogP contribution in [0.4, 0.5) is 5.69 Å². The maximum atomic E-state index is 11.7. The summed E-state index contributed by atoms with van der Waals surface area (Å²) in [6, 6.07) is 6.94. The first-order chi connectivity index (χ1) is 10.5. The van der Waals surface area contributed by atoms with Crippen LogP contribution in [0, 0.1) is 0 Å². The predicted octanol–water partition coefficient (Wildman–Crippen LogP) is 0.954. The Morgan fingerprint density at radius 3 is 2.64 bits per heavy atom. The van der Waals surface area contributed by atoms with Gasteiger partial charge in [0.15, 0.2) is 0 Å². The van der Waals surface area contributed by atoms with Gasteiger partial charge >= 0.3 is 5.97 Å². The second-order valence-corrected chi connectivity index (χ2v) is 5.35. The van der Waals surface area contributed by atoms with Crippen LogP contribution >= 0.6 is 11.8 Å². The van der Waals surface area contributed by atoms with E-state index >= 15 is 0 Å². The van der Waals surface area contributed by atoms with Gasteiger partial charge in [-0.1, -0.05) is 11.8 Å². The van der Waals surface area contributed by atoms with E-state index in [1.54, 1.807) is 24.3 Å². The van der Waals surface area contributed by atoms with E-state index in [4.69, 9.17) is 15.3 Å². The van der Waals surface area contributed by atoms with Crippen LogP contribution in [-0.2, 0) is 9.59 Å². The Hall–Kier alpha value is -2.55. The normalized spacial score (nSPS) is 10.4. The Morgan fingerprint density at radius 1 is 1.32 bits per heavy atom. The maximum absolute atomic E-state index is 11.7. The minimum Gasteiger partial charge on any atom is -0.480 e. The number of aliphatic carboxylic acids is 1. The number of thioether (sulfide) groups is 1. The molecule has 0 saturated heterocycles. The van der Waals surface area contributed by atoms with Gasteiger partial charge in [-0.2, -0.15) is 0 Å². The lowest BCUT2D eigenvalue weighted by Crippen LogP contribution is -2.33. The van der Waals surface area contributed by atoms with Gasteiger partial charge in [-0.3, -0.25) is 9.59 Å². The SMILES string of the molecule is CN(CC(=O)O)C(=O)CSc1nnc(-c2ccc(N)cc2)o1. The molecule has 2 aromatic rings. The molecule has 0 bridgehead atoms. The van der Waals surface area contributed by atoms with Crippen molar-refractivity contribution >= 4 is 29.3 Å². The molecule has 1 amide bonds. The van der Waals surface area contributed by atoms with Crippen molar-refractivity contribution in [1.82, 2.24) is 15.1 Å². The summed E-state index contributed by atoms with van der Waals surface area (Å²) in [5.41, 5.74) is 6.95. The van der Waals surface area contributed by atoms with Crippen LogP contribution in [0.2, 0.25) is 0 Å². The van der Waals surface area contributed by atoms with E-state index in [1.807, 2.05) is 0 Å². The van der Waals surface area contributed by atoms with Crippen LogP contribution in [0.15, 0.2) is 33.9 Å². The number of aromatic nitrogens is 2. The van der Waals surface area contributed by atoms with Crippen molar-refractivity contribution in [3.8, 4) is 11.5 Å². The predicted molar refractivity (Wildman–Crippen MR) is 80.1 cm³/mol. The number of carbonyl (C=O) groups excluding carboxylic acids is 1. The number of hydrogen-bond acceptors (Lipinski definition) is 7. The Labute approximate surface area is 130 Å². The van der Waals surface area contributed by atoms with Gasteiger partial charge in [-0.25, -0.2) is 0 Å². The number of nitrogens with two attached hydrogens (primary N) is 1. The highest BCUT2D eigenvalue weighted by molar-refractivity contribution is 7.99. The number of carboxylic acid groups (broad SMARTS) is 1. The van der Waals surface area contributed by atoms with E-state index in [0.29, 0.717) is 11.6 Å². The summed E-state index contributed by atoms with van der Waals surface area (Å²) < 4.78 is 5.43. The Balaban J connectivity index is 1.93. The molecule has 8 nitrogen and oxygen atoms in total. The van der Waals surface area contributed by atoms with Gasteiger partial charge in [-0.05, 0) is 24.3 Å². The van der Waals surface area contributed by atoms with Crippen LogP contribution in [0.25, 0.3) is 11.5 Å². The van der Waals surface area contributed by atoms with Crippen molar-refractivity contribution in [3.63, 3.8) is 0 Å². The first-order valence-electron chi connectivity index (χ1n) is 6.23. The number of hydrogen-bond donors (Lipinski definition) is 2.